The molecule has 0 radical (unpaired) electrons. The summed E-state index contributed by atoms with van der Waals surface area (Å²) in [5, 5.41) is 5.73. The second-order valence-corrected chi connectivity index (χ2v) is 7.52. The summed E-state index contributed by atoms with van der Waals surface area (Å²) in [6.07, 6.45) is 2.14. The van der Waals surface area contributed by atoms with Crippen LogP contribution < -0.4 is 15.4 Å². The molecule has 2 N–H and O–H groups in total. The Morgan fingerprint density at radius 3 is 2.57 bits per heavy atom. The standard InChI is InChI=1S/C21H23N3O3S/c1-2-3-13-22-21-24-20(26)18(28-21)14-19(25)23-15-9-11-17(12-10-15)27-16-7-5-4-6-8-16/h4-12,18H,2-3,13-14H2,1H3,(H,23,25)(H,22,24,26). The molecular weight excluding hydrogens is 374 g/mol. The number of nitrogens with zero attached hydrogens (tertiary/aromatic N) is 1. The van der Waals surface area contributed by atoms with Crippen LogP contribution in [0.1, 0.15) is 26.2 Å². The number of ether oxygens (including phenoxy) is 1. The van der Waals surface area contributed by atoms with Gasteiger partial charge in [0.05, 0.1) is 0 Å². The molecule has 146 valence electrons. The molecule has 6 nitrogen and oxygen atoms in total. The second-order valence-electron chi connectivity index (χ2n) is 6.33. The number of benzene rings is 2. The van der Waals surface area contributed by atoms with Crippen molar-refractivity contribution in [1.82, 2.24) is 5.32 Å². The molecule has 1 unspecified atom stereocenters. The number of hydrogen-bond acceptors (Lipinski definition) is 5. The SMILES string of the molecule is CCCCN=C1NC(=O)C(CC(=O)Nc2ccc(Oc3ccccc3)cc2)S1. The molecule has 1 aliphatic heterocycles. The smallest absolute Gasteiger partial charge is 0.240 e. The van der Waals surface area contributed by atoms with Gasteiger partial charge in [0.15, 0.2) is 5.17 Å². The van der Waals surface area contributed by atoms with E-state index in [1.807, 2.05) is 30.3 Å². The average Bonchev–Trinajstić information content (AvgIpc) is 3.03. The first-order chi connectivity index (χ1) is 13.6. The molecule has 1 aliphatic rings. The third-order valence-corrected chi connectivity index (χ3v) is 5.15. The number of aliphatic imine (C=N–C) groups is 1. The fourth-order valence-electron chi connectivity index (χ4n) is 2.56. The molecule has 2 aromatic carbocycles. The van der Waals surface area contributed by atoms with Crippen LogP contribution in [-0.2, 0) is 9.59 Å². The predicted molar refractivity (Wildman–Crippen MR) is 113 cm³/mol. The number of hydrogen-bond donors (Lipinski definition) is 2. The Balaban J connectivity index is 1.49. The molecule has 2 aromatic rings. The van der Waals surface area contributed by atoms with Crippen LogP contribution in [-0.4, -0.2) is 28.8 Å². The van der Waals surface area contributed by atoms with Crippen molar-refractivity contribution in [2.45, 2.75) is 31.4 Å². The average molecular weight is 398 g/mol. The Morgan fingerprint density at radius 2 is 1.86 bits per heavy atom. The summed E-state index contributed by atoms with van der Waals surface area (Å²) in [6, 6.07) is 16.6. The van der Waals surface area contributed by atoms with Crippen molar-refractivity contribution in [2.24, 2.45) is 4.99 Å². The van der Waals surface area contributed by atoms with Crippen molar-refractivity contribution in [2.75, 3.05) is 11.9 Å². The van der Waals surface area contributed by atoms with Gasteiger partial charge in [0, 0.05) is 18.7 Å². The molecule has 28 heavy (non-hydrogen) atoms. The normalized spacial score (nSPS) is 17.4. The third-order valence-electron chi connectivity index (χ3n) is 4.03. The van der Waals surface area contributed by atoms with Gasteiger partial charge in [-0.1, -0.05) is 43.3 Å². The lowest BCUT2D eigenvalue weighted by Gasteiger charge is -2.09. The van der Waals surface area contributed by atoms with Crippen molar-refractivity contribution in [1.29, 1.82) is 0 Å². The van der Waals surface area contributed by atoms with E-state index in [-0.39, 0.29) is 18.2 Å². The summed E-state index contributed by atoms with van der Waals surface area (Å²) >= 11 is 1.32. The van der Waals surface area contributed by atoms with E-state index in [0.29, 0.717) is 23.1 Å². The van der Waals surface area contributed by atoms with E-state index >= 15 is 0 Å². The minimum atomic E-state index is -0.443. The first-order valence-electron chi connectivity index (χ1n) is 9.29. The summed E-state index contributed by atoms with van der Waals surface area (Å²) in [6.45, 7) is 2.78. The van der Waals surface area contributed by atoms with Crippen LogP contribution in [0.25, 0.3) is 0 Å². The van der Waals surface area contributed by atoms with Gasteiger partial charge < -0.3 is 15.4 Å². The van der Waals surface area contributed by atoms with Crippen LogP contribution in [0.2, 0.25) is 0 Å². The number of carbonyl (C=O) groups is 2. The minimum Gasteiger partial charge on any atom is -0.457 e. The van der Waals surface area contributed by atoms with Crippen LogP contribution >= 0.6 is 11.8 Å². The zero-order valence-electron chi connectivity index (χ0n) is 15.7. The number of unbranched alkanes of at least 4 members (excludes halogenated alkanes) is 1. The predicted octanol–water partition coefficient (Wildman–Crippen LogP) is 4.20. The molecule has 0 aliphatic carbocycles. The van der Waals surface area contributed by atoms with E-state index in [1.165, 1.54) is 11.8 Å². The second kappa shape index (κ2) is 9.94. The highest BCUT2D eigenvalue weighted by atomic mass is 32.2. The zero-order valence-corrected chi connectivity index (χ0v) is 16.5. The van der Waals surface area contributed by atoms with Crippen molar-refractivity contribution in [3.05, 3.63) is 54.6 Å². The number of para-hydroxylation sites is 1. The van der Waals surface area contributed by atoms with E-state index < -0.39 is 5.25 Å². The maximum absolute atomic E-state index is 12.3. The maximum atomic E-state index is 12.3. The third kappa shape index (κ3) is 5.85. The number of amides is 2. The molecule has 3 rings (SSSR count). The first kappa shape index (κ1) is 19.9. The lowest BCUT2D eigenvalue weighted by atomic mass is 10.2. The van der Waals surface area contributed by atoms with E-state index in [0.717, 1.165) is 18.6 Å². The molecule has 1 atom stereocenters. The number of rotatable bonds is 8. The minimum absolute atomic E-state index is 0.103. The van der Waals surface area contributed by atoms with Crippen molar-refractivity contribution >= 4 is 34.4 Å². The molecule has 0 spiro atoms. The van der Waals surface area contributed by atoms with Crippen molar-refractivity contribution in [3.8, 4) is 11.5 Å². The van der Waals surface area contributed by atoms with Crippen LogP contribution in [0.4, 0.5) is 5.69 Å². The summed E-state index contributed by atoms with van der Waals surface area (Å²) in [5.74, 6) is 1.06. The van der Waals surface area contributed by atoms with Gasteiger partial charge in [-0.3, -0.25) is 14.6 Å². The fraction of sp³-hybridized carbons (Fsp3) is 0.286. The summed E-state index contributed by atoms with van der Waals surface area (Å²) in [7, 11) is 0. The fourth-order valence-corrected chi connectivity index (χ4v) is 3.56. The number of thioether (sulfide) groups is 1. The van der Waals surface area contributed by atoms with Gasteiger partial charge in [-0.05, 0) is 42.8 Å². The molecule has 0 bridgehead atoms. The quantitative estimate of drug-likeness (QED) is 0.655. The Labute approximate surface area is 168 Å². The summed E-state index contributed by atoms with van der Waals surface area (Å²) in [5.41, 5.74) is 0.658. The molecule has 1 fully saturated rings. The lowest BCUT2D eigenvalue weighted by molar-refractivity contribution is -0.122. The van der Waals surface area contributed by atoms with Crippen molar-refractivity contribution in [3.63, 3.8) is 0 Å². The van der Waals surface area contributed by atoms with Crippen LogP contribution in [0.3, 0.4) is 0 Å². The van der Waals surface area contributed by atoms with Crippen molar-refractivity contribution < 1.29 is 14.3 Å². The topological polar surface area (TPSA) is 79.8 Å². The molecule has 1 saturated heterocycles. The number of carbonyl (C=O) groups excluding carboxylic acids is 2. The lowest BCUT2D eigenvalue weighted by Crippen LogP contribution is -2.28. The molecule has 1 heterocycles. The Morgan fingerprint density at radius 1 is 1.14 bits per heavy atom. The Bertz CT molecular complexity index is 838. The van der Waals surface area contributed by atoms with Crippen LogP contribution in [0.15, 0.2) is 59.6 Å². The van der Waals surface area contributed by atoms with Crippen LogP contribution in [0.5, 0.6) is 11.5 Å². The van der Waals surface area contributed by atoms with Crippen LogP contribution in [0, 0.1) is 0 Å². The zero-order chi connectivity index (χ0) is 19.8. The van der Waals surface area contributed by atoms with Gasteiger partial charge in [-0.2, -0.15) is 0 Å². The number of anilines is 1. The van der Waals surface area contributed by atoms with E-state index in [4.69, 9.17) is 4.74 Å². The highest BCUT2D eigenvalue weighted by Gasteiger charge is 2.31. The Kier molecular flexibility index (Phi) is 7.08. The van der Waals surface area contributed by atoms with E-state index in [9.17, 15) is 9.59 Å². The maximum Gasteiger partial charge on any atom is 0.240 e. The van der Waals surface area contributed by atoms with Gasteiger partial charge in [-0.25, -0.2) is 0 Å². The molecule has 0 saturated carbocycles. The molecular formula is C21H23N3O3S. The van der Waals surface area contributed by atoms with Gasteiger partial charge >= 0.3 is 0 Å². The summed E-state index contributed by atoms with van der Waals surface area (Å²) < 4.78 is 5.73. The van der Waals surface area contributed by atoms with E-state index in [2.05, 4.69) is 22.5 Å². The van der Waals surface area contributed by atoms with Gasteiger partial charge in [0.25, 0.3) is 0 Å². The summed E-state index contributed by atoms with van der Waals surface area (Å²) in [4.78, 5) is 28.6. The highest BCUT2D eigenvalue weighted by molar-refractivity contribution is 8.15. The molecule has 7 heteroatoms. The van der Waals surface area contributed by atoms with Gasteiger partial charge in [0.1, 0.15) is 16.7 Å². The molecule has 2 amide bonds. The largest absolute Gasteiger partial charge is 0.457 e. The number of amidine groups is 1. The van der Waals surface area contributed by atoms with E-state index in [1.54, 1.807) is 24.3 Å². The monoisotopic (exact) mass is 397 g/mol. The first-order valence-corrected chi connectivity index (χ1v) is 10.2. The Hall–Kier alpha value is -2.80. The molecule has 0 aromatic heterocycles. The number of nitrogens with one attached hydrogen (secondary N) is 2. The highest BCUT2D eigenvalue weighted by Crippen LogP contribution is 2.25. The van der Waals surface area contributed by atoms with Gasteiger partial charge in [-0.15, -0.1) is 0 Å². The van der Waals surface area contributed by atoms with Gasteiger partial charge in [0.2, 0.25) is 11.8 Å².